The Morgan fingerprint density at radius 3 is 2.55 bits per heavy atom. The SMILES string of the molecule is CCc1ccc(C[C@@H](C)O)s1. The van der Waals surface area contributed by atoms with Crippen LogP contribution in [-0.2, 0) is 12.8 Å². The van der Waals surface area contributed by atoms with Crippen molar-refractivity contribution in [3.8, 4) is 0 Å². The molecule has 0 spiro atoms. The second-order valence-electron chi connectivity index (χ2n) is 2.77. The lowest BCUT2D eigenvalue weighted by molar-refractivity contribution is 0.196. The first-order chi connectivity index (χ1) is 5.22. The number of rotatable bonds is 3. The molecule has 1 aromatic rings. The van der Waals surface area contributed by atoms with Crippen molar-refractivity contribution >= 4 is 11.3 Å². The van der Waals surface area contributed by atoms with Gasteiger partial charge in [-0.25, -0.2) is 0 Å². The minimum absolute atomic E-state index is 0.210. The molecule has 1 N–H and O–H groups in total. The molecule has 1 nitrogen and oxygen atoms in total. The van der Waals surface area contributed by atoms with Crippen LogP contribution in [0.1, 0.15) is 23.6 Å². The van der Waals surface area contributed by atoms with Crippen LogP contribution in [0.5, 0.6) is 0 Å². The van der Waals surface area contributed by atoms with E-state index in [4.69, 9.17) is 5.11 Å². The maximum atomic E-state index is 9.09. The lowest BCUT2D eigenvalue weighted by Crippen LogP contribution is -2.01. The highest BCUT2D eigenvalue weighted by Crippen LogP contribution is 2.18. The van der Waals surface area contributed by atoms with Gasteiger partial charge in [-0.3, -0.25) is 0 Å². The fraction of sp³-hybridized carbons (Fsp3) is 0.556. The van der Waals surface area contributed by atoms with Crippen molar-refractivity contribution in [3.63, 3.8) is 0 Å². The van der Waals surface area contributed by atoms with Crippen LogP contribution in [0.2, 0.25) is 0 Å². The predicted molar refractivity (Wildman–Crippen MR) is 49.1 cm³/mol. The molecule has 0 aliphatic heterocycles. The van der Waals surface area contributed by atoms with Gasteiger partial charge >= 0.3 is 0 Å². The average molecular weight is 170 g/mol. The van der Waals surface area contributed by atoms with E-state index in [2.05, 4.69) is 19.1 Å². The Balaban J connectivity index is 2.58. The molecule has 0 radical (unpaired) electrons. The Morgan fingerprint density at radius 1 is 1.45 bits per heavy atom. The smallest absolute Gasteiger partial charge is 0.0560 e. The number of hydrogen-bond donors (Lipinski definition) is 1. The molecule has 11 heavy (non-hydrogen) atoms. The number of aliphatic hydroxyl groups excluding tert-OH is 1. The lowest BCUT2D eigenvalue weighted by Gasteiger charge is -1.98. The molecule has 1 heterocycles. The number of aryl methyl sites for hydroxylation is 1. The molecule has 0 fully saturated rings. The summed E-state index contributed by atoms with van der Waals surface area (Å²) in [4.78, 5) is 2.69. The summed E-state index contributed by atoms with van der Waals surface area (Å²) in [7, 11) is 0. The minimum Gasteiger partial charge on any atom is -0.393 e. The molecule has 0 aliphatic carbocycles. The third-order valence-corrected chi connectivity index (χ3v) is 2.81. The molecular weight excluding hydrogens is 156 g/mol. The Bertz CT molecular complexity index is 215. The summed E-state index contributed by atoms with van der Waals surface area (Å²) in [6, 6.07) is 4.25. The summed E-state index contributed by atoms with van der Waals surface area (Å²) in [6.45, 7) is 3.98. The summed E-state index contributed by atoms with van der Waals surface area (Å²) < 4.78 is 0. The highest BCUT2D eigenvalue weighted by Gasteiger charge is 2.01. The van der Waals surface area contributed by atoms with Gasteiger partial charge in [0.05, 0.1) is 6.10 Å². The molecule has 0 saturated carbocycles. The summed E-state index contributed by atoms with van der Waals surface area (Å²) in [6.07, 6.45) is 1.69. The van der Waals surface area contributed by atoms with Crippen molar-refractivity contribution in [1.82, 2.24) is 0 Å². The fourth-order valence-electron chi connectivity index (χ4n) is 1.01. The number of aliphatic hydroxyl groups is 1. The van der Waals surface area contributed by atoms with Crippen LogP contribution in [0, 0.1) is 0 Å². The van der Waals surface area contributed by atoms with Gasteiger partial charge in [-0.1, -0.05) is 6.92 Å². The van der Waals surface area contributed by atoms with Crippen LogP contribution in [-0.4, -0.2) is 11.2 Å². The molecular formula is C9H14OS. The van der Waals surface area contributed by atoms with Crippen molar-refractivity contribution in [2.45, 2.75) is 32.8 Å². The summed E-state index contributed by atoms with van der Waals surface area (Å²) in [5, 5.41) is 9.09. The average Bonchev–Trinajstić information content (AvgIpc) is 2.34. The molecule has 62 valence electrons. The zero-order chi connectivity index (χ0) is 8.27. The first kappa shape index (κ1) is 8.75. The molecule has 0 aromatic carbocycles. The van der Waals surface area contributed by atoms with E-state index < -0.39 is 0 Å². The van der Waals surface area contributed by atoms with E-state index in [-0.39, 0.29) is 6.10 Å². The first-order valence-corrected chi connectivity index (χ1v) is 4.79. The number of hydrogen-bond acceptors (Lipinski definition) is 2. The van der Waals surface area contributed by atoms with Crippen LogP contribution in [0.4, 0.5) is 0 Å². The van der Waals surface area contributed by atoms with Gasteiger partial charge in [-0.05, 0) is 25.5 Å². The van der Waals surface area contributed by atoms with Crippen LogP contribution < -0.4 is 0 Å². The quantitative estimate of drug-likeness (QED) is 0.737. The monoisotopic (exact) mass is 170 g/mol. The van der Waals surface area contributed by atoms with Gasteiger partial charge in [0.15, 0.2) is 0 Å². The Morgan fingerprint density at radius 2 is 2.09 bits per heavy atom. The minimum atomic E-state index is -0.210. The van der Waals surface area contributed by atoms with Gasteiger partial charge in [-0.15, -0.1) is 11.3 Å². The second-order valence-corrected chi connectivity index (χ2v) is 4.03. The summed E-state index contributed by atoms with van der Waals surface area (Å²) in [5.41, 5.74) is 0. The van der Waals surface area contributed by atoms with Crippen LogP contribution in [0.25, 0.3) is 0 Å². The molecule has 0 amide bonds. The third-order valence-electron chi connectivity index (χ3n) is 1.56. The maximum absolute atomic E-state index is 9.09. The molecule has 2 heteroatoms. The van der Waals surface area contributed by atoms with Crippen LogP contribution in [0.3, 0.4) is 0 Å². The van der Waals surface area contributed by atoms with Crippen molar-refractivity contribution in [1.29, 1.82) is 0 Å². The summed E-state index contributed by atoms with van der Waals surface area (Å²) in [5.74, 6) is 0. The molecule has 1 aromatic heterocycles. The normalized spacial score (nSPS) is 13.4. The number of thiophene rings is 1. The largest absolute Gasteiger partial charge is 0.393 e. The van der Waals surface area contributed by atoms with Crippen molar-refractivity contribution in [3.05, 3.63) is 21.9 Å². The topological polar surface area (TPSA) is 20.2 Å². The van der Waals surface area contributed by atoms with Gasteiger partial charge in [0, 0.05) is 16.2 Å². The van der Waals surface area contributed by atoms with Gasteiger partial charge in [0.1, 0.15) is 0 Å². The van der Waals surface area contributed by atoms with E-state index in [0.717, 1.165) is 12.8 Å². The molecule has 1 rings (SSSR count). The summed E-state index contributed by atoms with van der Waals surface area (Å²) >= 11 is 1.80. The molecule has 0 unspecified atom stereocenters. The van der Waals surface area contributed by atoms with Crippen molar-refractivity contribution in [2.75, 3.05) is 0 Å². The fourth-order valence-corrected chi connectivity index (χ4v) is 2.09. The van der Waals surface area contributed by atoms with Gasteiger partial charge < -0.3 is 5.11 Å². The van der Waals surface area contributed by atoms with E-state index in [1.54, 1.807) is 11.3 Å². The molecule has 1 atom stereocenters. The van der Waals surface area contributed by atoms with E-state index >= 15 is 0 Å². The molecule has 0 aliphatic rings. The van der Waals surface area contributed by atoms with Crippen molar-refractivity contribution in [2.24, 2.45) is 0 Å². The third kappa shape index (κ3) is 2.64. The van der Waals surface area contributed by atoms with Crippen LogP contribution >= 0.6 is 11.3 Å². The molecule has 0 saturated heterocycles. The zero-order valence-electron chi connectivity index (χ0n) is 7.00. The Kier molecular flexibility index (Phi) is 3.09. The van der Waals surface area contributed by atoms with Gasteiger partial charge in [-0.2, -0.15) is 0 Å². The zero-order valence-corrected chi connectivity index (χ0v) is 7.82. The van der Waals surface area contributed by atoms with Gasteiger partial charge in [0.25, 0.3) is 0 Å². The van der Waals surface area contributed by atoms with E-state index in [9.17, 15) is 0 Å². The Labute approximate surface area is 71.7 Å². The molecule has 0 bridgehead atoms. The van der Waals surface area contributed by atoms with E-state index in [1.165, 1.54) is 9.75 Å². The maximum Gasteiger partial charge on any atom is 0.0560 e. The predicted octanol–water partition coefficient (Wildman–Crippen LogP) is 2.23. The standard InChI is InChI=1S/C9H14OS/c1-3-8-4-5-9(11-8)6-7(2)10/h4-5,7,10H,3,6H2,1-2H3/t7-/m1/s1. The Hall–Kier alpha value is -0.340. The highest BCUT2D eigenvalue weighted by atomic mass is 32.1. The highest BCUT2D eigenvalue weighted by molar-refractivity contribution is 7.11. The second kappa shape index (κ2) is 3.88. The van der Waals surface area contributed by atoms with Crippen LogP contribution in [0.15, 0.2) is 12.1 Å². The lowest BCUT2D eigenvalue weighted by atomic mass is 10.2. The van der Waals surface area contributed by atoms with E-state index in [1.807, 2.05) is 6.92 Å². The van der Waals surface area contributed by atoms with Crippen molar-refractivity contribution < 1.29 is 5.11 Å². The first-order valence-electron chi connectivity index (χ1n) is 3.98. The van der Waals surface area contributed by atoms with E-state index in [0.29, 0.717) is 0 Å². The van der Waals surface area contributed by atoms with Gasteiger partial charge in [0.2, 0.25) is 0 Å².